The summed E-state index contributed by atoms with van der Waals surface area (Å²) in [6.07, 6.45) is -12.0. The molecule has 0 aliphatic carbocycles. The van der Waals surface area contributed by atoms with Crippen LogP contribution in [0, 0.1) is 17.5 Å². The third-order valence-corrected chi connectivity index (χ3v) is 8.18. The number of alkyl halides is 6. The number of rotatable bonds is 6. The lowest BCUT2D eigenvalue weighted by molar-refractivity contribution is -0.353. The molecule has 1 unspecified atom stereocenters. The number of hydrogen-bond acceptors (Lipinski definition) is 3. The SMILES string of the molecule is CN(C)c1ccc(C2(c3ccc(F)cc3)NC(C(O)(C(F)(F)F)C(F)(F)F)=CC2(c2ccc(F)cc2)c2ccc(F)cc2)cc1. The molecule has 0 bridgehead atoms. The van der Waals surface area contributed by atoms with E-state index in [0.29, 0.717) is 11.8 Å². The fourth-order valence-corrected chi connectivity index (χ4v) is 5.99. The molecule has 0 spiro atoms. The molecule has 1 heterocycles. The molecule has 2 N–H and O–H groups in total. The van der Waals surface area contributed by atoms with E-state index in [4.69, 9.17) is 0 Å². The summed E-state index contributed by atoms with van der Waals surface area (Å²) in [7, 11) is 3.43. The van der Waals surface area contributed by atoms with Gasteiger partial charge in [0.25, 0.3) is 5.60 Å². The lowest BCUT2D eigenvalue weighted by atomic mass is 9.57. The van der Waals surface area contributed by atoms with Crippen LogP contribution in [0.3, 0.4) is 0 Å². The summed E-state index contributed by atoms with van der Waals surface area (Å²) in [5.41, 5.74) is -10.8. The maximum absolute atomic E-state index is 14.5. The van der Waals surface area contributed by atoms with E-state index in [9.17, 15) is 44.6 Å². The molecule has 3 nitrogen and oxygen atoms in total. The molecule has 0 saturated heterocycles. The van der Waals surface area contributed by atoms with Crippen molar-refractivity contribution in [1.82, 2.24) is 5.32 Å². The lowest BCUT2D eigenvalue weighted by Crippen LogP contribution is -2.62. The van der Waals surface area contributed by atoms with E-state index in [2.05, 4.69) is 5.32 Å². The van der Waals surface area contributed by atoms with Gasteiger partial charge in [0.05, 0.1) is 11.1 Å². The quantitative estimate of drug-likeness (QED) is 0.213. The molecule has 4 aromatic carbocycles. The van der Waals surface area contributed by atoms with Crippen molar-refractivity contribution in [3.05, 3.63) is 149 Å². The van der Waals surface area contributed by atoms with Gasteiger partial charge in [0.1, 0.15) is 23.0 Å². The van der Waals surface area contributed by atoms with Crippen LogP contribution in [-0.4, -0.2) is 37.2 Å². The highest BCUT2D eigenvalue weighted by molar-refractivity contribution is 5.64. The maximum Gasteiger partial charge on any atom is 0.432 e. The second-order valence-electron chi connectivity index (χ2n) is 10.9. The molecule has 0 saturated carbocycles. The molecule has 0 aromatic heterocycles. The molecule has 1 atom stereocenters. The van der Waals surface area contributed by atoms with Gasteiger partial charge in [-0.15, -0.1) is 0 Å². The zero-order valence-electron chi connectivity index (χ0n) is 23.6. The molecule has 0 fully saturated rings. The van der Waals surface area contributed by atoms with Crippen LogP contribution in [0.15, 0.2) is 109 Å². The van der Waals surface area contributed by atoms with Crippen molar-refractivity contribution in [2.24, 2.45) is 0 Å². The Kier molecular flexibility index (Phi) is 7.72. The fraction of sp³-hybridized carbons (Fsp3) is 0.212. The molecule has 12 heteroatoms. The van der Waals surface area contributed by atoms with Crippen LogP contribution in [0.5, 0.6) is 0 Å². The first-order chi connectivity index (χ1) is 21.0. The fourth-order valence-electron chi connectivity index (χ4n) is 5.99. The van der Waals surface area contributed by atoms with Gasteiger partial charge < -0.3 is 15.3 Å². The summed E-state index contributed by atoms with van der Waals surface area (Å²) in [5, 5.41) is 13.1. The summed E-state index contributed by atoms with van der Waals surface area (Å²) in [4.78, 5) is 1.71. The molecular weight excluding hydrogens is 611 g/mol. The topological polar surface area (TPSA) is 35.5 Å². The summed E-state index contributed by atoms with van der Waals surface area (Å²) in [6.45, 7) is 0. The molecule has 0 radical (unpaired) electrons. The van der Waals surface area contributed by atoms with Crippen LogP contribution in [0.2, 0.25) is 0 Å². The lowest BCUT2D eigenvalue weighted by Gasteiger charge is -2.48. The second-order valence-corrected chi connectivity index (χ2v) is 10.9. The van der Waals surface area contributed by atoms with Gasteiger partial charge in [0, 0.05) is 19.8 Å². The molecule has 1 aliphatic heterocycles. The Labute approximate surface area is 252 Å². The number of nitrogens with zero attached hydrogens (tertiary/aromatic N) is 1. The number of halogens is 9. The summed E-state index contributed by atoms with van der Waals surface area (Å²) < 4.78 is 130. The van der Waals surface area contributed by atoms with Crippen molar-refractivity contribution in [3.63, 3.8) is 0 Å². The van der Waals surface area contributed by atoms with Crippen LogP contribution in [0.4, 0.5) is 45.2 Å². The van der Waals surface area contributed by atoms with Gasteiger partial charge in [-0.2, -0.15) is 26.3 Å². The highest BCUT2D eigenvalue weighted by Gasteiger charge is 2.76. The monoisotopic (exact) mass is 636 g/mol. The first-order valence-corrected chi connectivity index (χ1v) is 13.4. The van der Waals surface area contributed by atoms with E-state index >= 15 is 0 Å². The Morgan fingerprint density at radius 3 is 1.22 bits per heavy atom. The molecule has 4 aromatic rings. The minimum atomic E-state index is -6.28. The zero-order chi connectivity index (χ0) is 33.0. The van der Waals surface area contributed by atoms with Crippen LogP contribution in [0.1, 0.15) is 22.3 Å². The van der Waals surface area contributed by atoms with Crippen LogP contribution >= 0.6 is 0 Å². The molecule has 45 heavy (non-hydrogen) atoms. The second kappa shape index (κ2) is 10.9. The Bertz CT molecular complexity index is 1640. The van der Waals surface area contributed by atoms with Gasteiger partial charge in [0.15, 0.2) is 0 Å². The molecule has 5 rings (SSSR count). The van der Waals surface area contributed by atoms with Crippen LogP contribution < -0.4 is 10.2 Å². The third-order valence-electron chi connectivity index (χ3n) is 8.18. The normalized spacial score (nSPS) is 18.4. The largest absolute Gasteiger partial charge is 0.432 e. The standard InChI is InChI=1S/C33H25F9N2O/c1-44(2)27-17-9-23(10-18-27)30(22-7-15-26(36)16-8-22)29(20-3-11-24(34)12-4-20,21-5-13-25(35)14-6-21)19-28(43-30)31(45,32(37,38)39)33(40,41)42/h3-19,43,45H,1-2H3. The Morgan fingerprint density at radius 2 is 0.889 bits per heavy atom. The van der Waals surface area contributed by atoms with Gasteiger partial charge in [0.2, 0.25) is 0 Å². The van der Waals surface area contributed by atoms with Crippen LogP contribution in [0.25, 0.3) is 0 Å². The van der Waals surface area contributed by atoms with Gasteiger partial charge >= 0.3 is 12.4 Å². The number of hydrogen-bond donors (Lipinski definition) is 2. The average molecular weight is 637 g/mol. The Balaban J connectivity index is 2.02. The van der Waals surface area contributed by atoms with Crippen molar-refractivity contribution >= 4 is 5.69 Å². The van der Waals surface area contributed by atoms with E-state index in [1.807, 2.05) is 0 Å². The molecule has 0 amide bonds. The maximum atomic E-state index is 14.5. The number of nitrogens with one attached hydrogen (secondary N) is 1. The number of anilines is 1. The molecular formula is C33H25F9N2O. The van der Waals surface area contributed by atoms with Gasteiger partial charge in [-0.3, -0.25) is 0 Å². The predicted octanol–water partition coefficient (Wildman–Crippen LogP) is 7.74. The van der Waals surface area contributed by atoms with Gasteiger partial charge in [-0.25, -0.2) is 13.2 Å². The Morgan fingerprint density at radius 1 is 0.556 bits per heavy atom. The third kappa shape index (κ3) is 4.91. The van der Waals surface area contributed by atoms with Crippen molar-refractivity contribution < 1.29 is 44.6 Å². The summed E-state index contributed by atoms with van der Waals surface area (Å²) >= 11 is 0. The highest BCUT2D eigenvalue weighted by atomic mass is 19.4. The smallest absolute Gasteiger partial charge is 0.378 e. The summed E-state index contributed by atoms with van der Waals surface area (Å²) in [6, 6.07) is 18.9. The molecule has 236 valence electrons. The minimum absolute atomic E-state index is 0.0203. The van der Waals surface area contributed by atoms with Gasteiger partial charge in [-0.1, -0.05) is 48.5 Å². The van der Waals surface area contributed by atoms with E-state index in [-0.39, 0.29) is 22.3 Å². The zero-order valence-corrected chi connectivity index (χ0v) is 23.6. The minimum Gasteiger partial charge on any atom is -0.378 e. The highest BCUT2D eigenvalue weighted by Crippen LogP contribution is 2.60. The van der Waals surface area contributed by atoms with Crippen molar-refractivity contribution in [1.29, 1.82) is 0 Å². The first-order valence-electron chi connectivity index (χ1n) is 13.4. The van der Waals surface area contributed by atoms with E-state index in [1.165, 1.54) is 48.5 Å². The first kappa shape index (κ1) is 32.0. The number of benzene rings is 4. The van der Waals surface area contributed by atoms with E-state index in [1.54, 1.807) is 31.1 Å². The number of aliphatic hydroxyl groups is 1. The van der Waals surface area contributed by atoms with Gasteiger partial charge in [-0.05, 0) is 76.9 Å². The van der Waals surface area contributed by atoms with E-state index in [0.717, 1.165) is 36.4 Å². The van der Waals surface area contributed by atoms with Crippen LogP contribution in [-0.2, 0) is 11.0 Å². The van der Waals surface area contributed by atoms with Crippen molar-refractivity contribution in [2.45, 2.75) is 28.9 Å². The van der Waals surface area contributed by atoms with E-state index < -0.39 is 52.1 Å². The average Bonchev–Trinajstić information content (AvgIpc) is 3.35. The Hall–Kier alpha value is -4.45. The molecule has 1 aliphatic rings. The van der Waals surface area contributed by atoms with Crippen molar-refractivity contribution in [2.75, 3.05) is 19.0 Å². The predicted molar refractivity (Wildman–Crippen MR) is 150 cm³/mol. The van der Waals surface area contributed by atoms with Crippen molar-refractivity contribution in [3.8, 4) is 0 Å². The summed E-state index contributed by atoms with van der Waals surface area (Å²) in [5.74, 6) is -2.26.